The molecule has 0 radical (unpaired) electrons. The molecule has 0 unspecified atom stereocenters. The van der Waals surface area contributed by atoms with Gasteiger partial charge in [-0.2, -0.15) is 0 Å². The standard InChI is InChI=1S/C29H33N3OS/c1-5-31(6-2)16-17-32(29-30-27-22(4)18-21(3)19-26(27)34-29)28(33)25-14-12-24(13-15-25)20-23-10-8-7-9-11-23/h7-15,18-19H,5-6,16-17,20H2,1-4H3. The lowest BCUT2D eigenvalue weighted by Gasteiger charge is -2.24. The van der Waals surface area contributed by atoms with Gasteiger partial charge in [-0.1, -0.05) is 73.7 Å². The van der Waals surface area contributed by atoms with E-state index in [9.17, 15) is 4.79 Å². The minimum atomic E-state index is 0.00634. The first-order valence-electron chi connectivity index (χ1n) is 12.0. The molecule has 4 nitrogen and oxygen atoms in total. The Hall–Kier alpha value is -3.02. The fourth-order valence-electron chi connectivity index (χ4n) is 4.29. The van der Waals surface area contributed by atoms with Crippen LogP contribution in [0.25, 0.3) is 10.2 Å². The van der Waals surface area contributed by atoms with Crippen molar-refractivity contribution < 1.29 is 4.79 Å². The van der Waals surface area contributed by atoms with Crippen LogP contribution in [0, 0.1) is 13.8 Å². The van der Waals surface area contributed by atoms with Crippen molar-refractivity contribution in [3.05, 3.63) is 94.5 Å². The number of nitrogens with zero attached hydrogens (tertiary/aromatic N) is 3. The summed E-state index contributed by atoms with van der Waals surface area (Å²) in [6.07, 6.45) is 0.859. The molecule has 0 aliphatic heterocycles. The number of likely N-dealkylation sites (N-methyl/N-ethyl adjacent to an activating group) is 1. The van der Waals surface area contributed by atoms with Gasteiger partial charge in [0.1, 0.15) is 0 Å². The third-order valence-corrected chi connectivity index (χ3v) is 7.31. The van der Waals surface area contributed by atoms with E-state index >= 15 is 0 Å². The van der Waals surface area contributed by atoms with Crippen LogP contribution in [0.1, 0.15) is 46.5 Å². The minimum Gasteiger partial charge on any atom is -0.302 e. The molecule has 3 aromatic carbocycles. The summed E-state index contributed by atoms with van der Waals surface area (Å²) in [5.41, 5.74) is 6.52. The van der Waals surface area contributed by atoms with Gasteiger partial charge in [-0.3, -0.25) is 9.69 Å². The van der Waals surface area contributed by atoms with Crippen molar-refractivity contribution >= 4 is 32.6 Å². The van der Waals surface area contributed by atoms with Gasteiger partial charge < -0.3 is 4.90 Å². The van der Waals surface area contributed by atoms with E-state index in [1.165, 1.54) is 16.7 Å². The van der Waals surface area contributed by atoms with Crippen LogP contribution in [0.4, 0.5) is 5.13 Å². The van der Waals surface area contributed by atoms with Gasteiger partial charge in [0.25, 0.3) is 5.91 Å². The van der Waals surface area contributed by atoms with Crippen molar-refractivity contribution in [2.24, 2.45) is 0 Å². The Kier molecular flexibility index (Phi) is 7.76. The average Bonchev–Trinajstić information content (AvgIpc) is 3.27. The molecule has 4 aromatic rings. The number of rotatable bonds is 9. The number of hydrogen-bond acceptors (Lipinski definition) is 4. The molecule has 0 fully saturated rings. The van der Waals surface area contributed by atoms with Crippen LogP contribution >= 0.6 is 11.3 Å². The first kappa shape index (κ1) is 24.1. The predicted molar refractivity (Wildman–Crippen MR) is 144 cm³/mol. The van der Waals surface area contributed by atoms with E-state index in [0.717, 1.165) is 47.0 Å². The van der Waals surface area contributed by atoms with Crippen molar-refractivity contribution in [3.63, 3.8) is 0 Å². The largest absolute Gasteiger partial charge is 0.302 e. The Morgan fingerprint density at radius 2 is 1.56 bits per heavy atom. The number of carbonyl (C=O) groups is 1. The summed E-state index contributed by atoms with van der Waals surface area (Å²) in [6, 6.07) is 22.8. The molecule has 34 heavy (non-hydrogen) atoms. The van der Waals surface area contributed by atoms with E-state index in [0.29, 0.717) is 12.1 Å². The average molecular weight is 472 g/mol. The van der Waals surface area contributed by atoms with E-state index in [4.69, 9.17) is 4.98 Å². The van der Waals surface area contributed by atoms with Crippen molar-refractivity contribution in [1.82, 2.24) is 9.88 Å². The molecule has 0 bridgehead atoms. The minimum absolute atomic E-state index is 0.00634. The highest BCUT2D eigenvalue weighted by atomic mass is 32.1. The SMILES string of the molecule is CCN(CC)CCN(C(=O)c1ccc(Cc2ccccc2)cc1)c1nc2c(C)cc(C)cc2s1. The smallest absolute Gasteiger partial charge is 0.260 e. The number of benzene rings is 3. The first-order chi connectivity index (χ1) is 16.5. The number of fused-ring (bicyclic) bond motifs is 1. The Morgan fingerprint density at radius 3 is 2.24 bits per heavy atom. The molecule has 1 amide bonds. The first-order valence-corrected chi connectivity index (χ1v) is 12.8. The zero-order valence-electron chi connectivity index (χ0n) is 20.5. The van der Waals surface area contributed by atoms with E-state index < -0.39 is 0 Å². The molecule has 1 heterocycles. The summed E-state index contributed by atoms with van der Waals surface area (Å²) >= 11 is 1.60. The fraction of sp³-hybridized carbons (Fsp3) is 0.310. The summed E-state index contributed by atoms with van der Waals surface area (Å²) < 4.78 is 1.13. The molecule has 0 N–H and O–H groups in total. The van der Waals surface area contributed by atoms with Crippen LogP contribution in [0.5, 0.6) is 0 Å². The Morgan fingerprint density at radius 1 is 0.882 bits per heavy atom. The van der Waals surface area contributed by atoms with E-state index in [-0.39, 0.29) is 5.91 Å². The molecule has 0 saturated carbocycles. The maximum Gasteiger partial charge on any atom is 0.260 e. The molecule has 4 rings (SSSR count). The van der Waals surface area contributed by atoms with Crippen LogP contribution in [0.2, 0.25) is 0 Å². The second-order valence-corrected chi connectivity index (χ2v) is 9.78. The van der Waals surface area contributed by atoms with Crippen molar-refractivity contribution in [3.8, 4) is 0 Å². The molecule has 0 atom stereocenters. The zero-order chi connectivity index (χ0) is 24.1. The highest BCUT2D eigenvalue weighted by molar-refractivity contribution is 7.22. The lowest BCUT2D eigenvalue weighted by atomic mass is 10.0. The maximum absolute atomic E-state index is 13.7. The van der Waals surface area contributed by atoms with Gasteiger partial charge in [-0.15, -0.1) is 0 Å². The van der Waals surface area contributed by atoms with Gasteiger partial charge in [0.15, 0.2) is 5.13 Å². The number of anilines is 1. The van der Waals surface area contributed by atoms with E-state index in [2.05, 4.69) is 81.1 Å². The Bertz CT molecular complexity index is 1240. The predicted octanol–water partition coefficient (Wildman–Crippen LogP) is 6.49. The van der Waals surface area contributed by atoms with Gasteiger partial charge in [-0.25, -0.2) is 4.98 Å². The number of aromatic nitrogens is 1. The number of carbonyl (C=O) groups excluding carboxylic acids is 1. The highest BCUT2D eigenvalue weighted by Gasteiger charge is 2.22. The fourth-order valence-corrected chi connectivity index (χ4v) is 5.46. The summed E-state index contributed by atoms with van der Waals surface area (Å²) in [7, 11) is 0. The van der Waals surface area contributed by atoms with Gasteiger partial charge in [0, 0.05) is 18.7 Å². The van der Waals surface area contributed by atoms with E-state index in [1.807, 2.05) is 23.1 Å². The monoisotopic (exact) mass is 471 g/mol. The summed E-state index contributed by atoms with van der Waals surface area (Å²) in [5.74, 6) is 0.00634. The quantitative estimate of drug-likeness (QED) is 0.280. The lowest BCUT2D eigenvalue weighted by molar-refractivity contribution is 0.0984. The van der Waals surface area contributed by atoms with Crippen LogP contribution in [0.3, 0.4) is 0 Å². The second-order valence-electron chi connectivity index (χ2n) is 8.77. The summed E-state index contributed by atoms with van der Waals surface area (Å²) in [5, 5.41) is 0.772. The Labute approximate surface area is 206 Å². The lowest BCUT2D eigenvalue weighted by Crippen LogP contribution is -2.38. The topological polar surface area (TPSA) is 36.4 Å². The molecule has 1 aromatic heterocycles. The molecular weight excluding hydrogens is 438 g/mol. The van der Waals surface area contributed by atoms with Gasteiger partial charge >= 0.3 is 0 Å². The molecule has 0 saturated heterocycles. The van der Waals surface area contributed by atoms with Gasteiger partial charge in [0.2, 0.25) is 0 Å². The third-order valence-electron chi connectivity index (χ3n) is 6.28. The summed E-state index contributed by atoms with van der Waals surface area (Å²) in [4.78, 5) is 22.8. The molecule has 176 valence electrons. The molecule has 0 aliphatic carbocycles. The van der Waals surface area contributed by atoms with Crippen molar-refractivity contribution in [2.75, 3.05) is 31.1 Å². The van der Waals surface area contributed by atoms with Crippen molar-refractivity contribution in [2.45, 2.75) is 34.1 Å². The second kappa shape index (κ2) is 10.9. The Balaban J connectivity index is 1.61. The van der Waals surface area contributed by atoms with Crippen LogP contribution in [-0.2, 0) is 6.42 Å². The van der Waals surface area contributed by atoms with Gasteiger partial charge in [-0.05, 0) is 73.8 Å². The number of thiazole rings is 1. The van der Waals surface area contributed by atoms with Gasteiger partial charge in [0.05, 0.1) is 10.2 Å². The third kappa shape index (κ3) is 5.54. The van der Waals surface area contributed by atoms with E-state index in [1.54, 1.807) is 11.3 Å². The van der Waals surface area contributed by atoms with Crippen LogP contribution < -0.4 is 4.90 Å². The molecular formula is C29H33N3OS. The van der Waals surface area contributed by atoms with Crippen LogP contribution in [-0.4, -0.2) is 42.0 Å². The number of hydrogen-bond donors (Lipinski definition) is 0. The molecule has 0 aliphatic rings. The molecule has 5 heteroatoms. The van der Waals surface area contributed by atoms with Crippen molar-refractivity contribution in [1.29, 1.82) is 0 Å². The maximum atomic E-state index is 13.7. The normalized spacial score (nSPS) is 11.3. The van der Waals surface area contributed by atoms with Crippen LogP contribution in [0.15, 0.2) is 66.7 Å². The summed E-state index contributed by atoms with van der Waals surface area (Å²) in [6.45, 7) is 11.9. The zero-order valence-corrected chi connectivity index (χ0v) is 21.4. The molecule has 0 spiro atoms. The number of aryl methyl sites for hydroxylation is 2. The number of amides is 1. The highest BCUT2D eigenvalue weighted by Crippen LogP contribution is 2.32.